The fourth-order valence-electron chi connectivity index (χ4n) is 2.40. The number of aryl methyl sites for hydroxylation is 1. The van der Waals surface area contributed by atoms with Crippen LogP contribution in [0.5, 0.6) is 5.75 Å². The zero-order valence-corrected chi connectivity index (χ0v) is 13.3. The Morgan fingerprint density at radius 1 is 0.944 bits per heavy atom. The van der Waals surface area contributed by atoms with Crippen molar-refractivity contribution in [1.82, 2.24) is 0 Å². The summed E-state index contributed by atoms with van der Waals surface area (Å²) in [6.45, 7) is 15.7. The average molecular weight is 248 g/mol. The molecule has 0 bridgehead atoms. The van der Waals surface area contributed by atoms with Crippen molar-refractivity contribution in [2.45, 2.75) is 65.7 Å². The van der Waals surface area contributed by atoms with Gasteiger partial charge in [-0.15, -0.1) is 0 Å². The Morgan fingerprint density at radius 2 is 1.50 bits per heavy atom. The molecule has 0 saturated carbocycles. The highest BCUT2D eigenvalue weighted by Crippen LogP contribution is 2.38. The Kier molecular flexibility index (Phi) is 4.15. The van der Waals surface area contributed by atoms with Gasteiger partial charge in [-0.1, -0.05) is 54.5 Å². The molecule has 0 atom stereocenters. The molecule has 0 aliphatic rings. The first-order valence-electron chi connectivity index (χ1n) is 6.83. The molecule has 0 spiro atoms. The maximum absolute atomic E-state index is 5.65. The van der Waals surface area contributed by atoms with Crippen LogP contribution in [0, 0.1) is 0 Å². The van der Waals surface area contributed by atoms with Gasteiger partial charge in [0, 0.05) is 5.56 Å². The van der Waals surface area contributed by atoms with Crippen LogP contribution < -0.4 is 4.74 Å². The van der Waals surface area contributed by atoms with Crippen LogP contribution in [0.3, 0.4) is 0 Å². The van der Waals surface area contributed by atoms with E-state index in [0.717, 1.165) is 12.2 Å². The van der Waals surface area contributed by atoms with Crippen molar-refractivity contribution in [3.05, 3.63) is 28.8 Å². The van der Waals surface area contributed by atoms with Crippen molar-refractivity contribution < 1.29 is 4.74 Å². The van der Waals surface area contributed by atoms with Gasteiger partial charge in [-0.2, -0.15) is 0 Å². The van der Waals surface area contributed by atoms with E-state index < -0.39 is 0 Å². The molecular weight excluding hydrogens is 220 g/mol. The summed E-state index contributed by atoms with van der Waals surface area (Å²) >= 11 is 0. The lowest BCUT2D eigenvalue weighted by atomic mass is 9.78. The second-order valence-electron chi connectivity index (χ2n) is 7.07. The van der Waals surface area contributed by atoms with Gasteiger partial charge in [0.15, 0.2) is 0 Å². The molecule has 0 aliphatic heterocycles. The number of benzene rings is 1. The minimum atomic E-state index is 0.118. The lowest BCUT2D eigenvalue weighted by Gasteiger charge is -2.29. The highest BCUT2D eigenvalue weighted by Gasteiger charge is 2.25. The molecule has 0 saturated heterocycles. The van der Waals surface area contributed by atoms with Gasteiger partial charge in [0.1, 0.15) is 5.75 Å². The Labute approximate surface area is 113 Å². The fourth-order valence-corrected chi connectivity index (χ4v) is 2.40. The van der Waals surface area contributed by atoms with Gasteiger partial charge < -0.3 is 4.74 Å². The van der Waals surface area contributed by atoms with Crippen LogP contribution in [-0.4, -0.2) is 7.11 Å². The smallest absolute Gasteiger partial charge is 0.123 e. The van der Waals surface area contributed by atoms with E-state index >= 15 is 0 Å². The summed E-state index contributed by atoms with van der Waals surface area (Å²) in [6, 6.07) is 4.56. The standard InChI is InChI=1S/C17H28O/c1-9-12-10-13(16(2,3)4)11-14(18-8)15(12)17(5,6)7/h10-11H,9H2,1-8H3. The first kappa shape index (κ1) is 15.1. The molecule has 0 aromatic heterocycles. The minimum absolute atomic E-state index is 0.118. The van der Waals surface area contributed by atoms with Gasteiger partial charge in [-0.25, -0.2) is 0 Å². The second kappa shape index (κ2) is 4.95. The topological polar surface area (TPSA) is 9.23 Å². The molecule has 1 rings (SSSR count). The Morgan fingerprint density at radius 3 is 1.83 bits per heavy atom. The van der Waals surface area contributed by atoms with E-state index in [1.165, 1.54) is 16.7 Å². The number of rotatable bonds is 2. The lowest BCUT2D eigenvalue weighted by Crippen LogP contribution is -2.19. The molecule has 18 heavy (non-hydrogen) atoms. The molecule has 0 radical (unpaired) electrons. The largest absolute Gasteiger partial charge is 0.496 e. The number of methoxy groups -OCH3 is 1. The predicted molar refractivity (Wildman–Crippen MR) is 79.8 cm³/mol. The van der Waals surface area contributed by atoms with E-state index in [2.05, 4.69) is 60.6 Å². The quantitative estimate of drug-likeness (QED) is 0.726. The van der Waals surface area contributed by atoms with Gasteiger partial charge in [0.25, 0.3) is 0 Å². The summed E-state index contributed by atoms with van der Waals surface area (Å²) in [7, 11) is 1.77. The van der Waals surface area contributed by atoms with Crippen molar-refractivity contribution >= 4 is 0 Å². The third-order valence-corrected chi connectivity index (χ3v) is 3.40. The monoisotopic (exact) mass is 248 g/mol. The molecule has 1 heteroatoms. The summed E-state index contributed by atoms with van der Waals surface area (Å²) in [5.74, 6) is 1.03. The molecule has 0 fully saturated rings. The number of hydrogen-bond donors (Lipinski definition) is 0. The van der Waals surface area contributed by atoms with E-state index in [1.807, 2.05) is 0 Å². The zero-order chi connectivity index (χ0) is 14.1. The van der Waals surface area contributed by atoms with Crippen LogP contribution in [0.25, 0.3) is 0 Å². The molecule has 0 aliphatic carbocycles. The normalized spacial score (nSPS) is 12.7. The van der Waals surface area contributed by atoms with Crippen LogP contribution >= 0.6 is 0 Å². The molecule has 0 N–H and O–H groups in total. The fraction of sp³-hybridized carbons (Fsp3) is 0.647. The summed E-state index contributed by atoms with van der Waals surface area (Å²) < 4.78 is 5.65. The first-order valence-corrected chi connectivity index (χ1v) is 6.83. The van der Waals surface area contributed by atoms with Crippen molar-refractivity contribution in [2.75, 3.05) is 7.11 Å². The minimum Gasteiger partial charge on any atom is -0.496 e. The van der Waals surface area contributed by atoms with Crippen molar-refractivity contribution in [3.8, 4) is 5.75 Å². The van der Waals surface area contributed by atoms with Crippen LogP contribution in [0.15, 0.2) is 12.1 Å². The zero-order valence-electron chi connectivity index (χ0n) is 13.3. The average Bonchev–Trinajstić information content (AvgIpc) is 2.24. The summed E-state index contributed by atoms with van der Waals surface area (Å²) in [6.07, 6.45) is 1.05. The Balaban J connectivity index is 3.55. The molecular formula is C17H28O. The van der Waals surface area contributed by atoms with Gasteiger partial charge >= 0.3 is 0 Å². The summed E-state index contributed by atoms with van der Waals surface area (Å²) in [5.41, 5.74) is 4.39. The summed E-state index contributed by atoms with van der Waals surface area (Å²) in [4.78, 5) is 0. The highest BCUT2D eigenvalue weighted by molar-refractivity contribution is 5.49. The molecule has 1 aromatic carbocycles. The number of hydrogen-bond acceptors (Lipinski definition) is 1. The maximum atomic E-state index is 5.65. The summed E-state index contributed by atoms with van der Waals surface area (Å²) in [5, 5.41) is 0. The molecule has 0 unspecified atom stereocenters. The van der Waals surface area contributed by atoms with E-state index in [1.54, 1.807) is 7.11 Å². The number of ether oxygens (including phenoxy) is 1. The lowest BCUT2D eigenvalue weighted by molar-refractivity contribution is 0.394. The van der Waals surface area contributed by atoms with Crippen LogP contribution in [0.2, 0.25) is 0 Å². The van der Waals surface area contributed by atoms with Crippen molar-refractivity contribution in [1.29, 1.82) is 0 Å². The van der Waals surface area contributed by atoms with Crippen molar-refractivity contribution in [2.24, 2.45) is 0 Å². The third-order valence-electron chi connectivity index (χ3n) is 3.40. The molecule has 1 aromatic rings. The maximum Gasteiger partial charge on any atom is 0.123 e. The Bertz CT molecular complexity index is 391. The van der Waals surface area contributed by atoms with Crippen molar-refractivity contribution in [3.63, 3.8) is 0 Å². The second-order valence-corrected chi connectivity index (χ2v) is 7.07. The molecule has 0 amide bonds. The van der Waals surface area contributed by atoms with E-state index in [9.17, 15) is 0 Å². The SMILES string of the molecule is CCc1cc(C(C)(C)C)cc(OC)c1C(C)(C)C. The molecule has 1 nitrogen and oxygen atoms in total. The van der Waals surface area contributed by atoms with Gasteiger partial charge in [-0.05, 0) is 34.4 Å². The van der Waals surface area contributed by atoms with Crippen LogP contribution in [-0.2, 0) is 17.3 Å². The van der Waals surface area contributed by atoms with Gasteiger partial charge in [-0.3, -0.25) is 0 Å². The third kappa shape index (κ3) is 3.07. The van der Waals surface area contributed by atoms with E-state index in [4.69, 9.17) is 4.74 Å². The first-order chi connectivity index (χ1) is 8.11. The Hall–Kier alpha value is -0.980. The van der Waals surface area contributed by atoms with E-state index in [0.29, 0.717) is 0 Å². The predicted octanol–water partition coefficient (Wildman–Crippen LogP) is 4.85. The van der Waals surface area contributed by atoms with E-state index in [-0.39, 0.29) is 10.8 Å². The molecule has 102 valence electrons. The van der Waals surface area contributed by atoms with Gasteiger partial charge in [0.05, 0.1) is 7.11 Å². The highest BCUT2D eigenvalue weighted by atomic mass is 16.5. The van der Waals surface area contributed by atoms with Gasteiger partial charge in [0.2, 0.25) is 0 Å². The molecule has 0 heterocycles. The van der Waals surface area contributed by atoms with Crippen LogP contribution in [0.1, 0.15) is 65.2 Å². The van der Waals surface area contributed by atoms with Crippen LogP contribution in [0.4, 0.5) is 0 Å².